The van der Waals surface area contributed by atoms with Crippen LogP contribution in [0.15, 0.2) is 30.3 Å². The second-order valence-electron chi connectivity index (χ2n) is 7.56. The minimum absolute atomic E-state index is 0.0201. The lowest BCUT2D eigenvalue weighted by Crippen LogP contribution is -2.62. The molecule has 3 unspecified atom stereocenters. The van der Waals surface area contributed by atoms with E-state index in [2.05, 4.69) is 10.6 Å². The Balaban J connectivity index is 1.60. The quantitative estimate of drug-likeness (QED) is 0.847. The third kappa shape index (κ3) is 4.06. The molecule has 0 radical (unpaired) electrons. The molecule has 26 heavy (non-hydrogen) atoms. The van der Waals surface area contributed by atoms with Crippen LogP contribution in [0.2, 0.25) is 0 Å². The van der Waals surface area contributed by atoms with Gasteiger partial charge in [0.15, 0.2) is 0 Å². The number of urea groups is 1. The minimum Gasteiger partial charge on any atom is -0.354 e. The molecule has 2 aliphatic rings. The number of imide groups is 1. The first kappa shape index (κ1) is 18.4. The first-order valence-corrected chi connectivity index (χ1v) is 9.42. The van der Waals surface area contributed by atoms with Gasteiger partial charge in [-0.25, -0.2) is 4.79 Å². The standard InChI is InChI=1S/C20H27N3O3/c1-13(2)21-18(24)15-8-9-16-17(12-15)22-20(26)23(19(16)25)11-10-14-6-4-3-5-7-14/h3-7,13,15-17H,8-12H2,1-2H3,(H,21,24)(H,22,26). The first-order valence-electron chi connectivity index (χ1n) is 9.42. The number of benzene rings is 1. The minimum atomic E-state index is -0.336. The van der Waals surface area contributed by atoms with Gasteiger partial charge in [-0.1, -0.05) is 30.3 Å². The van der Waals surface area contributed by atoms with Gasteiger partial charge >= 0.3 is 6.03 Å². The maximum Gasteiger partial charge on any atom is 0.324 e. The highest BCUT2D eigenvalue weighted by atomic mass is 16.2. The Morgan fingerprint density at radius 1 is 1.23 bits per heavy atom. The Hall–Kier alpha value is -2.37. The smallest absolute Gasteiger partial charge is 0.324 e. The fourth-order valence-corrected chi connectivity index (χ4v) is 3.90. The highest BCUT2D eigenvalue weighted by Gasteiger charge is 2.45. The van der Waals surface area contributed by atoms with E-state index in [-0.39, 0.29) is 41.8 Å². The van der Waals surface area contributed by atoms with E-state index in [1.807, 2.05) is 44.2 Å². The zero-order valence-corrected chi connectivity index (χ0v) is 15.4. The largest absolute Gasteiger partial charge is 0.354 e. The number of rotatable bonds is 5. The average molecular weight is 357 g/mol. The van der Waals surface area contributed by atoms with Crippen molar-refractivity contribution in [3.05, 3.63) is 35.9 Å². The second-order valence-corrected chi connectivity index (χ2v) is 7.56. The maximum atomic E-state index is 12.8. The van der Waals surface area contributed by atoms with Crippen molar-refractivity contribution in [1.82, 2.24) is 15.5 Å². The molecule has 1 aromatic carbocycles. The molecule has 0 bridgehead atoms. The summed E-state index contributed by atoms with van der Waals surface area (Å²) >= 11 is 0. The lowest BCUT2D eigenvalue weighted by atomic mass is 9.76. The fraction of sp³-hybridized carbons (Fsp3) is 0.550. The Kier molecular flexibility index (Phi) is 5.59. The number of nitrogens with zero attached hydrogens (tertiary/aromatic N) is 1. The van der Waals surface area contributed by atoms with Gasteiger partial charge in [0.2, 0.25) is 11.8 Å². The van der Waals surface area contributed by atoms with Crippen LogP contribution >= 0.6 is 0 Å². The number of fused-ring (bicyclic) bond motifs is 1. The first-order chi connectivity index (χ1) is 12.5. The molecule has 0 spiro atoms. The fourth-order valence-electron chi connectivity index (χ4n) is 3.90. The lowest BCUT2D eigenvalue weighted by molar-refractivity contribution is -0.139. The van der Waals surface area contributed by atoms with E-state index < -0.39 is 0 Å². The van der Waals surface area contributed by atoms with Gasteiger partial charge in [-0.3, -0.25) is 14.5 Å². The van der Waals surface area contributed by atoms with Gasteiger partial charge in [-0.15, -0.1) is 0 Å². The van der Waals surface area contributed by atoms with Crippen molar-refractivity contribution in [3.8, 4) is 0 Å². The summed E-state index contributed by atoms with van der Waals surface area (Å²) in [6, 6.07) is 9.36. The number of amides is 4. The lowest BCUT2D eigenvalue weighted by Gasteiger charge is -2.42. The van der Waals surface area contributed by atoms with Crippen molar-refractivity contribution < 1.29 is 14.4 Å². The highest BCUT2D eigenvalue weighted by Crippen LogP contribution is 2.33. The molecular formula is C20H27N3O3. The van der Waals surface area contributed by atoms with Crippen LogP contribution in [0, 0.1) is 11.8 Å². The summed E-state index contributed by atoms with van der Waals surface area (Å²) in [5, 5.41) is 5.89. The summed E-state index contributed by atoms with van der Waals surface area (Å²) in [5.74, 6) is -0.432. The number of carbonyl (C=O) groups is 3. The Morgan fingerprint density at radius 2 is 1.96 bits per heavy atom. The molecule has 6 heteroatoms. The summed E-state index contributed by atoms with van der Waals surface area (Å²) in [7, 11) is 0. The topological polar surface area (TPSA) is 78.5 Å². The summed E-state index contributed by atoms with van der Waals surface area (Å²) < 4.78 is 0. The molecule has 3 rings (SSSR count). The summed E-state index contributed by atoms with van der Waals surface area (Å²) in [6.07, 6.45) is 2.51. The van der Waals surface area contributed by atoms with E-state index in [9.17, 15) is 14.4 Å². The predicted molar refractivity (Wildman–Crippen MR) is 98.3 cm³/mol. The van der Waals surface area contributed by atoms with Crippen LogP contribution in [0.3, 0.4) is 0 Å². The van der Waals surface area contributed by atoms with Crippen LogP contribution in [0.25, 0.3) is 0 Å². The van der Waals surface area contributed by atoms with Gasteiger partial charge in [-0.05, 0) is 45.1 Å². The summed E-state index contributed by atoms with van der Waals surface area (Å²) in [5.41, 5.74) is 1.10. The van der Waals surface area contributed by atoms with E-state index in [1.165, 1.54) is 4.90 Å². The number of hydrogen-bond donors (Lipinski definition) is 2. The molecule has 0 aromatic heterocycles. The molecule has 1 heterocycles. The van der Waals surface area contributed by atoms with E-state index in [0.717, 1.165) is 5.56 Å². The molecule has 2 N–H and O–H groups in total. The van der Waals surface area contributed by atoms with Crippen molar-refractivity contribution >= 4 is 17.8 Å². The summed E-state index contributed by atoms with van der Waals surface area (Å²) in [4.78, 5) is 38.8. The molecule has 3 atom stereocenters. The van der Waals surface area contributed by atoms with Crippen LogP contribution < -0.4 is 10.6 Å². The maximum absolute atomic E-state index is 12.8. The van der Waals surface area contributed by atoms with Crippen LogP contribution in [-0.4, -0.2) is 41.4 Å². The van der Waals surface area contributed by atoms with Gasteiger partial charge in [0.1, 0.15) is 0 Å². The Bertz CT molecular complexity index is 674. The molecule has 1 aliphatic heterocycles. The predicted octanol–water partition coefficient (Wildman–Crippen LogP) is 2.09. The van der Waals surface area contributed by atoms with Crippen molar-refractivity contribution in [2.75, 3.05) is 6.54 Å². The molecular weight excluding hydrogens is 330 g/mol. The number of carbonyl (C=O) groups excluding carboxylic acids is 3. The third-order valence-electron chi connectivity index (χ3n) is 5.26. The highest BCUT2D eigenvalue weighted by molar-refractivity contribution is 5.99. The van der Waals surface area contributed by atoms with Gasteiger partial charge < -0.3 is 10.6 Å². The van der Waals surface area contributed by atoms with E-state index >= 15 is 0 Å². The average Bonchev–Trinajstić information content (AvgIpc) is 2.61. The molecule has 1 aromatic rings. The van der Waals surface area contributed by atoms with Crippen molar-refractivity contribution in [1.29, 1.82) is 0 Å². The van der Waals surface area contributed by atoms with Crippen LogP contribution in [0.5, 0.6) is 0 Å². The van der Waals surface area contributed by atoms with Crippen molar-refractivity contribution in [2.24, 2.45) is 11.8 Å². The SMILES string of the molecule is CC(C)NC(=O)C1CCC2C(=O)N(CCc3ccccc3)C(=O)NC2C1. The van der Waals surface area contributed by atoms with E-state index in [1.54, 1.807) is 0 Å². The molecule has 4 amide bonds. The Morgan fingerprint density at radius 3 is 2.65 bits per heavy atom. The molecule has 2 fully saturated rings. The third-order valence-corrected chi connectivity index (χ3v) is 5.26. The van der Waals surface area contributed by atoms with Gasteiger partial charge in [0.05, 0.1) is 5.92 Å². The van der Waals surface area contributed by atoms with E-state index in [0.29, 0.717) is 32.2 Å². The Labute approximate surface area is 154 Å². The van der Waals surface area contributed by atoms with Crippen LogP contribution in [0.1, 0.15) is 38.7 Å². The number of hydrogen-bond acceptors (Lipinski definition) is 3. The molecule has 1 aliphatic carbocycles. The molecule has 1 saturated carbocycles. The molecule has 1 saturated heterocycles. The van der Waals surface area contributed by atoms with E-state index in [4.69, 9.17) is 0 Å². The van der Waals surface area contributed by atoms with Crippen molar-refractivity contribution in [2.45, 2.75) is 51.6 Å². The summed E-state index contributed by atoms with van der Waals surface area (Å²) in [6.45, 7) is 4.25. The second kappa shape index (κ2) is 7.89. The van der Waals surface area contributed by atoms with Gasteiger partial charge in [0.25, 0.3) is 0 Å². The van der Waals surface area contributed by atoms with Gasteiger partial charge in [0, 0.05) is 24.5 Å². The monoisotopic (exact) mass is 357 g/mol. The normalized spacial score (nSPS) is 25.7. The zero-order valence-electron chi connectivity index (χ0n) is 15.4. The van der Waals surface area contributed by atoms with Crippen LogP contribution in [-0.2, 0) is 16.0 Å². The van der Waals surface area contributed by atoms with Crippen molar-refractivity contribution in [3.63, 3.8) is 0 Å². The van der Waals surface area contributed by atoms with Crippen LogP contribution in [0.4, 0.5) is 4.79 Å². The number of nitrogens with one attached hydrogen (secondary N) is 2. The van der Waals surface area contributed by atoms with Gasteiger partial charge in [-0.2, -0.15) is 0 Å². The molecule has 6 nitrogen and oxygen atoms in total. The zero-order chi connectivity index (χ0) is 18.7. The molecule has 140 valence electrons.